The largest absolute Gasteiger partial charge is 0.485 e. The third kappa shape index (κ3) is 3.70. The van der Waals surface area contributed by atoms with Crippen molar-refractivity contribution in [1.29, 1.82) is 0 Å². The van der Waals surface area contributed by atoms with Gasteiger partial charge in [-0.1, -0.05) is 54.6 Å². The maximum Gasteiger partial charge on any atom is 0.128 e. The van der Waals surface area contributed by atoms with Gasteiger partial charge in [0.25, 0.3) is 0 Å². The van der Waals surface area contributed by atoms with E-state index in [1.165, 1.54) is 66.8 Å². The van der Waals surface area contributed by atoms with Gasteiger partial charge in [-0.2, -0.15) is 0 Å². The first-order valence-electron chi connectivity index (χ1n) is 14.2. The third-order valence-electron chi connectivity index (χ3n) is 9.09. The van der Waals surface area contributed by atoms with Crippen LogP contribution in [0.2, 0.25) is 0 Å². The molecular weight excluding hydrogens is 480 g/mol. The Kier molecular flexibility index (Phi) is 5.56. The molecule has 0 heterocycles. The Balaban J connectivity index is 1.27. The van der Waals surface area contributed by atoms with Crippen molar-refractivity contribution < 1.29 is 14.2 Å². The summed E-state index contributed by atoms with van der Waals surface area (Å²) in [5.41, 5.74) is 15.7. The molecule has 0 radical (unpaired) electrons. The Morgan fingerprint density at radius 2 is 0.641 bits per heavy atom. The molecule has 7 rings (SSSR count). The SMILES string of the molecule is Cc1cccc(C)c1O[C@H]1Cc2c1c1c(c3c2[C@@H](Oc2c(C)cccc2C)C3)[C@H](Oc2c(C)cccc2C)C1. The summed E-state index contributed by atoms with van der Waals surface area (Å²) < 4.78 is 20.2. The summed E-state index contributed by atoms with van der Waals surface area (Å²) in [5.74, 6) is 3.07. The second kappa shape index (κ2) is 8.91. The first kappa shape index (κ1) is 24.3. The predicted octanol–water partition coefficient (Wildman–Crippen LogP) is 8.57. The minimum atomic E-state index is 0.0847. The normalized spacial score (nSPS) is 20.0. The average Bonchev–Trinajstić information content (AvgIpc) is 2.86. The Bertz CT molecular complexity index is 1370. The van der Waals surface area contributed by atoms with Crippen LogP contribution >= 0.6 is 0 Å². The van der Waals surface area contributed by atoms with Crippen molar-refractivity contribution in [3.05, 3.63) is 121 Å². The summed E-state index contributed by atoms with van der Waals surface area (Å²) in [4.78, 5) is 0. The zero-order chi connectivity index (χ0) is 27.0. The van der Waals surface area contributed by atoms with Gasteiger partial charge in [0.2, 0.25) is 0 Å². The van der Waals surface area contributed by atoms with E-state index in [1.54, 1.807) is 0 Å². The van der Waals surface area contributed by atoms with Crippen molar-refractivity contribution in [2.75, 3.05) is 0 Å². The van der Waals surface area contributed by atoms with Crippen LogP contribution in [0.15, 0.2) is 54.6 Å². The second-order valence-corrected chi connectivity index (χ2v) is 11.8. The van der Waals surface area contributed by atoms with Gasteiger partial charge in [-0.15, -0.1) is 0 Å². The highest BCUT2D eigenvalue weighted by atomic mass is 16.5. The van der Waals surface area contributed by atoms with Crippen LogP contribution in [-0.2, 0) is 19.3 Å². The smallest absolute Gasteiger partial charge is 0.128 e. The molecule has 0 fully saturated rings. The van der Waals surface area contributed by atoms with Gasteiger partial charge in [-0.25, -0.2) is 0 Å². The molecule has 0 aliphatic heterocycles. The molecule has 3 aliphatic rings. The highest BCUT2D eigenvalue weighted by Crippen LogP contribution is 2.58. The van der Waals surface area contributed by atoms with Gasteiger partial charge in [0.05, 0.1) is 0 Å². The molecule has 3 atom stereocenters. The molecule has 4 aromatic carbocycles. The molecule has 0 N–H and O–H groups in total. The van der Waals surface area contributed by atoms with E-state index >= 15 is 0 Å². The number of rotatable bonds is 6. The highest BCUT2D eigenvalue weighted by Gasteiger charge is 2.49. The number of hydrogen-bond donors (Lipinski definition) is 0. The molecule has 0 spiro atoms. The average molecular weight is 517 g/mol. The van der Waals surface area contributed by atoms with E-state index in [0.717, 1.165) is 36.5 Å². The summed E-state index contributed by atoms with van der Waals surface area (Å²) in [7, 11) is 0. The quantitative estimate of drug-likeness (QED) is 0.257. The molecule has 4 aromatic rings. The van der Waals surface area contributed by atoms with Crippen molar-refractivity contribution >= 4 is 0 Å². The van der Waals surface area contributed by atoms with Gasteiger partial charge < -0.3 is 14.2 Å². The zero-order valence-electron chi connectivity index (χ0n) is 23.8. The lowest BCUT2D eigenvalue weighted by atomic mass is 9.62. The maximum atomic E-state index is 6.73. The van der Waals surface area contributed by atoms with E-state index in [-0.39, 0.29) is 18.3 Å². The molecule has 198 valence electrons. The van der Waals surface area contributed by atoms with Crippen LogP contribution in [0.5, 0.6) is 17.2 Å². The monoisotopic (exact) mass is 516 g/mol. The van der Waals surface area contributed by atoms with E-state index in [1.807, 2.05) is 0 Å². The molecule has 3 nitrogen and oxygen atoms in total. The molecule has 0 amide bonds. The number of aryl methyl sites for hydroxylation is 6. The predicted molar refractivity (Wildman–Crippen MR) is 155 cm³/mol. The minimum absolute atomic E-state index is 0.0847. The van der Waals surface area contributed by atoms with E-state index in [2.05, 4.69) is 96.1 Å². The summed E-state index contributed by atoms with van der Waals surface area (Å²) in [6.45, 7) is 12.8. The van der Waals surface area contributed by atoms with E-state index < -0.39 is 0 Å². The standard InChI is InChI=1S/C36H36O3/c1-19-10-7-11-20(2)34(19)37-28-16-25-31(28)26-17-29(38-35-21(3)12-8-13-22(35)4)33(26)27-18-30(32(25)27)39-36-23(5)14-9-15-24(36)6/h7-15,28-30H,16-18H2,1-6H3/t28-,29-,30+/m0/s1. The van der Waals surface area contributed by atoms with E-state index in [9.17, 15) is 0 Å². The Morgan fingerprint density at radius 1 is 0.410 bits per heavy atom. The van der Waals surface area contributed by atoms with Gasteiger partial charge in [0, 0.05) is 36.0 Å². The summed E-state index contributed by atoms with van der Waals surface area (Å²) in [6, 6.07) is 19.1. The minimum Gasteiger partial charge on any atom is -0.485 e. The van der Waals surface area contributed by atoms with E-state index in [0.29, 0.717) is 0 Å². The highest BCUT2D eigenvalue weighted by molar-refractivity contribution is 5.67. The van der Waals surface area contributed by atoms with Gasteiger partial charge in [-0.05, 0) is 91.6 Å². The van der Waals surface area contributed by atoms with Crippen LogP contribution in [0.3, 0.4) is 0 Å². The number of hydrogen-bond acceptors (Lipinski definition) is 3. The third-order valence-corrected chi connectivity index (χ3v) is 9.09. The molecule has 3 heteroatoms. The molecule has 0 saturated carbocycles. The number of fused-ring (bicyclic) bond motifs is 6. The molecular formula is C36H36O3. The molecule has 0 aromatic heterocycles. The van der Waals surface area contributed by atoms with Crippen LogP contribution in [0.1, 0.15) is 85.1 Å². The summed E-state index contributed by atoms with van der Waals surface area (Å²) in [6.07, 6.45) is 3.07. The Hall–Kier alpha value is -3.72. The lowest BCUT2D eigenvalue weighted by Gasteiger charge is -2.49. The van der Waals surface area contributed by atoms with Crippen LogP contribution in [0.4, 0.5) is 0 Å². The van der Waals surface area contributed by atoms with Crippen molar-refractivity contribution in [2.24, 2.45) is 0 Å². The number of ether oxygens (including phenoxy) is 3. The maximum absolute atomic E-state index is 6.73. The Morgan fingerprint density at radius 3 is 0.872 bits per heavy atom. The topological polar surface area (TPSA) is 27.7 Å². The molecule has 39 heavy (non-hydrogen) atoms. The van der Waals surface area contributed by atoms with Gasteiger partial charge in [0.15, 0.2) is 0 Å². The molecule has 0 saturated heterocycles. The van der Waals surface area contributed by atoms with Gasteiger partial charge >= 0.3 is 0 Å². The van der Waals surface area contributed by atoms with Crippen LogP contribution in [-0.4, -0.2) is 0 Å². The molecule has 0 unspecified atom stereocenters. The fraction of sp³-hybridized carbons (Fsp3) is 0.333. The van der Waals surface area contributed by atoms with Crippen molar-refractivity contribution in [3.8, 4) is 17.2 Å². The summed E-state index contributed by atoms with van der Waals surface area (Å²) >= 11 is 0. The Labute approximate surface area is 231 Å². The zero-order valence-corrected chi connectivity index (χ0v) is 23.8. The van der Waals surface area contributed by atoms with Crippen LogP contribution < -0.4 is 14.2 Å². The fourth-order valence-corrected chi connectivity index (χ4v) is 6.96. The van der Waals surface area contributed by atoms with Crippen molar-refractivity contribution in [3.63, 3.8) is 0 Å². The first-order valence-corrected chi connectivity index (χ1v) is 14.2. The summed E-state index contributed by atoms with van der Waals surface area (Å²) in [5, 5.41) is 0. The lowest BCUT2D eigenvalue weighted by Crippen LogP contribution is -2.41. The van der Waals surface area contributed by atoms with Gasteiger partial charge in [-0.3, -0.25) is 0 Å². The van der Waals surface area contributed by atoms with Crippen molar-refractivity contribution in [2.45, 2.75) is 79.1 Å². The first-order chi connectivity index (χ1) is 18.8. The van der Waals surface area contributed by atoms with E-state index in [4.69, 9.17) is 14.2 Å². The van der Waals surface area contributed by atoms with Crippen LogP contribution in [0, 0.1) is 41.5 Å². The number of benzene rings is 4. The molecule has 3 aliphatic carbocycles. The van der Waals surface area contributed by atoms with Crippen LogP contribution in [0.25, 0.3) is 0 Å². The van der Waals surface area contributed by atoms with Gasteiger partial charge in [0.1, 0.15) is 35.6 Å². The second-order valence-electron chi connectivity index (χ2n) is 11.8. The van der Waals surface area contributed by atoms with Crippen molar-refractivity contribution in [1.82, 2.24) is 0 Å². The molecule has 0 bridgehead atoms. The lowest BCUT2D eigenvalue weighted by molar-refractivity contribution is 0.133. The number of para-hydroxylation sites is 3. The fourth-order valence-electron chi connectivity index (χ4n) is 6.96.